The van der Waals surface area contributed by atoms with Gasteiger partial charge in [0.1, 0.15) is 12.4 Å². The summed E-state index contributed by atoms with van der Waals surface area (Å²) in [6.45, 7) is 0.0176. The number of hydrogen-bond acceptors (Lipinski definition) is 5. The van der Waals surface area contributed by atoms with E-state index in [0.29, 0.717) is 17.9 Å². The molecule has 0 spiro atoms. The standard InChI is InChI=1S/C29H26BrN3O4S/c30-26-15-17-27(18-16-26)38(35,36)33(20-23-9-3-1-4-10-23)21-29(34)32-31-19-25-13-7-8-14-28(25)37-22-24-11-5-2-6-12-24/h1-19H,20-22H2,(H,32,34)/b31-19+. The van der Waals surface area contributed by atoms with Gasteiger partial charge in [0, 0.05) is 16.6 Å². The van der Waals surface area contributed by atoms with Crippen molar-refractivity contribution in [1.82, 2.24) is 9.73 Å². The fourth-order valence-corrected chi connectivity index (χ4v) is 5.24. The third-order valence-electron chi connectivity index (χ3n) is 5.52. The normalized spacial score (nSPS) is 11.5. The van der Waals surface area contributed by atoms with Gasteiger partial charge in [-0.25, -0.2) is 13.8 Å². The van der Waals surface area contributed by atoms with Crippen LogP contribution in [0.1, 0.15) is 16.7 Å². The van der Waals surface area contributed by atoms with E-state index in [1.807, 2.05) is 84.9 Å². The summed E-state index contributed by atoms with van der Waals surface area (Å²) < 4.78 is 34.6. The van der Waals surface area contributed by atoms with Crippen LogP contribution < -0.4 is 10.2 Å². The summed E-state index contributed by atoms with van der Waals surface area (Å²) in [6, 6.07) is 32.5. The molecule has 1 N–H and O–H groups in total. The van der Waals surface area contributed by atoms with Crippen LogP contribution in [0.2, 0.25) is 0 Å². The van der Waals surface area contributed by atoms with E-state index in [9.17, 15) is 13.2 Å². The predicted octanol–water partition coefficient (Wildman–Crippen LogP) is 5.37. The zero-order chi connectivity index (χ0) is 26.8. The highest BCUT2D eigenvalue weighted by molar-refractivity contribution is 9.10. The Morgan fingerprint density at radius 1 is 0.842 bits per heavy atom. The Bertz CT molecular complexity index is 1480. The number of nitrogens with one attached hydrogen (secondary N) is 1. The molecule has 38 heavy (non-hydrogen) atoms. The van der Waals surface area contributed by atoms with E-state index >= 15 is 0 Å². The average molecular weight is 593 g/mol. The Morgan fingerprint density at radius 3 is 2.13 bits per heavy atom. The maximum atomic E-state index is 13.4. The SMILES string of the molecule is O=C(CN(Cc1ccccc1)S(=O)(=O)c1ccc(Br)cc1)N/N=C/c1ccccc1OCc1ccccc1. The molecule has 0 aliphatic rings. The van der Waals surface area contributed by atoms with Gasteiger partial charge in [-0.2, -0.15) is 9.41 Å². The van der Waals surface area contributed by atoms with Crippen molar-refractivity contribution in [3.63, 3.8) is 0 Å². The zero-order valence-corrected chi connectivity index (χ0v) is 22.8. The van der Waals surface area contributed by atoms with Crippen molar-refractivity contribution in [3.05, 3.63) is 130 Å². The van der Waals surface area contributed by atoms with E-state index in [1.54, 1.807) is 12.1 Å². The van der Waals surface area contributed by atoms with Gasteiger partial charge in [-0.3, -0.25) is 4.79 Å². The summed E-state index contributed by atoms with van der Waals surface area (Å²) in [4.78, 5) is 12.9. The number of hydrazone groups is 1. The molecule has 0 unspecified atom stereocenters. The van der Waals surface area contributed by atoms with Crippen LogP contribution in [0.3, 0.4) is 0 Å². The number of para-hydroxylation sites is 1. The molecule has 4 aromatic rings. The number of benzene rings is 4. The second kappa shape index (κ2) is 13.1. The highest BCUT2D eigenvalue weighted by Crippen LogP contribution is 2.21. The topological polar surface area (TPSA) is 88.1 Å². The van der Waals surface area contributed by atoms with Crippen LogP contribution in [-0.2, 0) is 28.0 Å². The highest BCUT2D eigenvalue weighted by Gasteiger charge is 2.27. The van der Waals surface area contributed by atoms with Gasteiger partial charge in [-0.1, -0.05) is 88.7 Å². The van der Waals surface area contributed by atoms with Crippen LogP contribution in [-0.4, -0.2) is 31.4 Å². The molecule has 0 aliphatic carbocycles. The van der Waals surface area contributed by atoms with E-state index in [-0.39, 0.29) is 11.4 Å². The molecule has 0 aromatic heterocycles. The van der Waals surface area contributed by atoms with E-state index in [4.69, 9.17) is 4.74 Å². The lowest BCUT2D eigenvalue weighted by atomic mass is 10.2. The van der Waals surface area contributed by atoms with Gasteiger partial charge in [0.25, 0.3) is 5.91 Å². The molecule has 0 aliphatic heterocycles. The van der Waals surface area contributed by atoms with Gasteiger partial charge in [-0.05, 0) is 47.5 Å². The van der Waals surface area contributed by atoms with Crippen molar-refractivity contribution < 1.29 is 17.9 Å². The molecule has 7 nitrogen and oxygen atoms in total. The van der Waals surface area contributed by atoms with Crippen molar-refractivity contribution in [2.24, 2.45) is 5.10 Å². The summed E-state index contributed by atoms with van der Waals surface area (Å²) in [7, 11) is -3.95. The number of ether oxygens (including phenoxy) is 1. The predicted molar refractivity (Wildman–Crippen MR) is 151 cm³/mol. The van der Waals surface area contributed by atoms with Gasteiger partial charge in [0.2, 0.25) is 10.0 Å². The first kappa shape index (κ1) is 27.3. The van der Waals surface area contributed by atoms with Crippen molar-refractivity contribution in [2.45, 2.75) is 18.0 Å². The van der Waals surface area contributed by atoms with Crippen LogP contribution in [0, 0.1) is 0 Å². The number of carbonyl (C=O) groups is 1. The lowest BCUT2D eigenvalue weighted by Gasteiger charge is -2.21. The molecule has 0 fully saturated rings. The Morgan fingerprint density at radius 2 is 1.45 bits per heavy atom. The number of amides is 1. The maximum absolute atomic E-state index is 13.4. The molecule has 194 valence electrons. The first-order valence-corrected chi connectivity index (χ1v) is 14.0. The molecule has 0 bridgehead atoms. The fourth-order valence-electron chi connectivity index (χ4n) is 3.59. The minimum atomic E-state index is -3.95. The van der Waals surface area contributed by atoms with Crippen molar-refractivity contribution in [2.75, 3.05) is 6.54 Å². The average Bonchev–Trinajstić information content (AvgIpc) is 2.93. The maximum Gasteiger partial charge on any atom is 0.255 e. The third-order valence-corrected chi connectivity index (χ3v) is 7.86. The molecule has 0 atom stereocenters. The van der Waals surface area contributed by atoms with Gasteiger partial charge in [0.05, 0.1) is 17.7 Å². The summed E-state index contributed by atoms with van der Waals surface area (Å²) in [5.74, 6) is 0.0402. The van der Waals surface area contributed by atoms with Gasteiger partial charge < -0.3 is 4.74 Å². The molecule has 0 heterocycles. The van der Waals surface area contributed by atoms with Gasteiger partial charge in [0.15, 0.2) is 0 Å². The minimum Gasteiger partial charge on any atom is -0.488 e. The van der Waals surface area contributed by atoms with E-state index in [1.165, 1.54) is 18.3 Å². The minimum absolute atomic E-state index is 0.0343. The summed E-state index contributed by atoms with van der Waals surface area (Å²) in [5.41, 5.74) is 4.90. The Balaban J connectivity index is 1.45. The lowest BCUT2D eigenvalue weighted by Crippen LogP contribution is -2.39. The highest BCUT2D eigenvalue weighted by atomic mass is 79.9. The lowest BCUT2D eigenvalue weighted by molar-refractivity contribution is -0.121. The number of halogens is 1. The smallest absolute Gasteiger partial charge is 0.255 e. The van der Waals surface area contributed by atoms with E-state index in [2.05, 4.69) is 26.5 Å². The van der Waals surface area contributed by atoms with Crippen molar-refractivity contribution in [1.29, 1.82) is 0 Å². The molecule has 4 rings (SSSR count). The van der Waals surface area contributed by atoms with E-state index in [0.717, 1.165) is 19.9 Å². The van der Waals surface area contributed by atoms with Crippen LogP contribution in [0.5, 0.6) is 5.75 Å². The van der Waals surface area contributed by atoms with Gasteiger partial charge >= 0.3 is 0 Å². The molecular weight excluding hydrogens is 566 g/mol. The monoisotopic (exact) mass is 591 g/mol. The van der Waals surface area contributed by atoms with E-state index < -0.39 is 22.5 Å². The number of nitrogens with zero attached hydrogens (tertiary/aromatic N) is 2. The number of hydrogen-bond donors (Lipinski definition) is 1. The van der Waals surface area contributed by atoms with Gasteiger partial charge in [-0.15, -0.1) is 0 Å². The third kappa shape index (κ3) is 7.61. The second-order valence-electron chi connectivity index (χ2n) is 8.32. The molecule has 9 heteroatoms. The quantitative estimate of drug-likeness (QED) is 0.188. The van der Waals surface area contributed by atoms with Crippen molar-refractivity contribution in [3.8, 4) is 5.75 Å². The second-order valence-corrected chi connectivity index (χ2v) is 11.2. The molecular formula is C29H26BrN3O4S. The van der Waals surface area contributed by atoms with Crippen LogP contribution in [0.4, 0.5) is 0 Å². The summed E-state index contributed by atoms with van der Waals surface area (Å²) >= 11 is 3.32. The summed E-state index contributed by atoms with van der Waals surface area (Å²) in [5, 5.41) is 4.05. The molecule has 0 saturated heterocycles. The fraction of sp³-hybridized carbons (Fsp3) is 0.103. The summed E-state index contributed by atoms with van der Waals surface area (Å²) in [6.07, 6.45) is 1.48. The number of rotatable bonds is 11. The van der Waals surface area contributed by atoms with Crippen LogP contribution >= 0.6 is 15.9 Å². The zero-order valence-electron chi connectivity index (χ0n) is 20.4. The largest absolute Gasteiger partial charge is 0.488 e. The Labute approximate surface area is 231 Å². The molecule has 0 saturated carbocycles. The number of sulfonamides is 1. The van der Waals surface area contributed by atoms with Crippen LogP contribution in [0.15, 0.2) is 124 Å². The number of carbonyl (C=O) groups excluding carboxylic acids is 1. The molecule has 4 aromatic carbocycles. The first-order valence-electron chi connectivity index (χ1n) is 11.8. The Hall–Kier alpha value is -3.79. The van der Waals surface area contributed by atoms with Crippen molar-refractivity contribution >= 4 is 38.1 Å². The molecule has 0 radical (unpaired) electrons. The Kier molecular flexibility index (Phi) is 9.42. The first-order chi connectivity index (χ1) is 18.4. The molecule has 1 amide bonds. The van der Waals surface area contributed by atoms with Crippen LogP contribution in [0.25, 0.3) is 0 Å².